The van der Waals surface area contributed by atoms with Crippen LogP contribution in [-0.4, -0.2) is 14.2 Å². The molecule has 0 amide bonds. The zero-order valence-electron chi connectivity index (χ0n) is 11.7. The van der Waals surface area contributed by atoms with Crippen molar-refractivity contribution in [2.24, 2.45) is 0 Å². The fraction of sp³-hybridized carbons (Fsp3) is 0.250. The highest BCUT2D eigenvalue weighted by Crippen LogP contribution is 2.34. The number of hydrogen-bond acceptors (Lipinski definition) is 2. The monoisotopic (exact) mass is 309 g/mol. The van der Waals surface area contributed by atoms with Crippen molar-refractivity contribution in [1.82, 2.24) is 5.32 Å². The maximum absolute atomic E-state index is 6.42. The van der Waals surface area contributed by atoms with E-state index >= 15 is 0 Å². The van der Waals surface area contributed by atoms with Gasteiger partial charge < -0.3 is 10.1 Å². The summed E-state index contributed by atoms with van der Waals surface area (Å²) < 4.78 is 5.28. The summed E-state index contributed by atoms with van der Waals surface area (Å²) in [5.41, 5.74) is 3.16. The van der Waals surface area contributed by atoms with Crippen molar-refractivity contribution in [3.8, 4) is 5.75 Å². The van der Waals surface area contributed by atoms with E-state index in [1.165, 1.54) is 0 Å². The maximum atomic E-state index is 6.42. The SMILES string of the molecule is CNC(c1ccc(Cl)c(OC)c1)c1cccc(C)c1Cl. The molecular formula is C16H17Cl2NO. The number of nitrogens with one attached hydrogen (secondary N) is 1. The van der Waals surface area contributed by atoms with Gasteiger partial charge in [0.15, 0.2) is 0 Å². The van der Waals surface area contributed by atoms with Crippen LogP contribution in [0, 0.1) is 6.92 Å². The van der Waals surface area contributed by atoms with E-state index in [-0.39, 0.29) is 6.04 Å². The molecule has 2 nitrogen and oxygen atoms in total. The molecule has 2 rings (SSSR count). The Morgan fingerprint density at radius 2 is 1.90 bits per heavy atom. The molecule has 4 heteroatoms. The van der Waals surface area contributed by atoms with Crippen LogP contribution < -0.4 is 10.1 Å². The normalized spacial score (nSPS) is 12.2. The first-order valence-electron chi connectivity index (χ1n) is 6.34. The van der Waals surface area contributed by atoms with Crippen LogP contribution in [0.5, 0.6) is 5.75 Å². The number of halogens is 2. The Labute approximate surface area is 129 Å². The van der Waals surface area contributed by atoms with E-state index in [2.05, 4.69) is 5.32 Å². The summed E-state index contributed by atoms with van der Waals surface area (Å²) in [5, 5.41) is 4.67. The van der Waals surface area contributed by atoms with Gasteiger partial charge in [0.05, 0.1) is 18.2 Å². The lowest BCUT2D eigenvalue weighted by atomic mass is 9.97. The average molecular weight is 310 g/mol. The van der Waals surface area contributed by atoms with Crippen molar-refractivity contribution in [3.05, 3.63) is 63.1 Å². The zero-order valence-corrected chi connectivity index (χ0v) is 13.2. The minimum atomic E-state index is -0.00596. The van der Waals surface area contributed by atoms with Crippen molar-refractivity contribution in [3.63, 3.8) is 0 Å². The van der Waals surface area contributed by atoms with Gasteiger partial charge in [-0.25, -0.2) is 0 Å². The van der Waals surface area contributed by atoms with E-state index in [1.807, 2.05) is 50.4 Å². The second-order valence-electron chi connectivity index (χ2n) is 4.59. The summed E-state index contributed by atoms with van der Waals surface area (Å²) in [5.74, 6) is 0.660. The summed E-state index contributed by atoms with van der Waals surface area (Å²) in [6.07, 6.45) is 0. The molecule has 0 saturated carbocycles. The first kappa shape index (κ1) is 15.2. The fourth-order valence-corrected chi connectivity index (χ4v) is 2.68. The van der Waals surface area contributed by atoms with Crippen LogP contribution in [0.15, 0.2) is 36.4 Å². The lowest BCUT2D eigenvalue weighted by Crippen LogP contribution is -2.18. The molecule has 0 saturated heterocycles. The van der Waals surface area contributed by atoms with Crippen LogP contribution in [0.4, 0.5) is 0 Å². The van der Waals surface area contributed by atoms with E-state index in [1.54, 1.807) is 7.11 Å². The Bertz CT molecular complexity index is 613. The molecule has 0 fully saturated rings. The van der Waals surface area contributed by atoms with Crippen LogP contribution in [0.3, 0.4) is 0 Å². The fourth-order valence-electron chi connectivity index (χ4n) is 2.25. The topological polar surface area (TPSA) is 21.3 Å². The van der Waals surface area contributed by atoms with E-state index in [9.17, 15) is 0 Å². The molecule has 2 aromatic rings. The number of aryl methyl sites for hydroxylation is 1. The Hall–Kier alpha value is -1.22. The van der Waals surface area contributed by atoms with Crippen molar-refractivity contribution in [1.29, 1.82) is 0 Å². The van der Waals surface area contributed by atoms with E-state index < -0.39 is 0 Å². The lowest BCUT2D eigenvalue weighted by molar-refractivity contribution is 0.414. The van der Waals surface area contributed by atoms with E-state index in [0.717, 1.165) is 21.7 Å². The molecular weight excluding hydrogens is 293 g/mol. The van der Waals surface area contributed by atoms with Gasteiger partial charge in [0.2, 0.25) is 0 Å². The van der Waals surface area contributed by atoms with Gasteiger partial charge in [0.25, 0.3) is 0 Å². The number of ether oxygens (including phenoxy) is 1. The molecule has 106 valence electrons. The Kier molecular flexibility index (Phi) is 4.92. The van der Waals surface area contributed by atoms with E-state index in [0.29, 0.717) is 10.8 Å². The molecule has 0 spiro atoms. The highest BCUT2D eigenvalue weighted by Gasteiger charge is 2.17. The maximum Gasteiger partial charge on any atom is 0.137 e. The largest absolute Gasteiger partial charge is 0.495 e. The number of benzene rings is 2. The first-order chi connectivity index (χ1) is 9.58. The molecule has 0 heterocycles. The van der Waals surface area contributed by atoms with Gasteiger partial charge in [-0.05, 0) is 42.8 Å². The first-order valence-corrected chi connectivity index (χ1v) is 7.09. The molecule has 0 aromatic heterocycles. The van der Waals surface area contributed by atoms with Gasteiger partial charge in [-0.1, -0.05) is 47.5 Å². The van der Waals surface area contributed by atoms with Gasteiger partial charge in [-0.3, -0.25) is 0 Å². The van der Waals surface area contributed by atoms with Crippen LogP contribution in [-0.2, 0) is 0 Å². The highest BCUT2D eigenvalue weighted by atomic mass is 35.5. The second-order valence-corrected chi connectivity index (χ2v) is 5.38. The van der Waals surface area contributed by atoms with Crippen molar-refractivity contribution < 1.29 is 4.74 Å². The van der Waals surface area contributed by atoms with Gasteiger partial charge in [-0.2, -0.15) is 0 Å². The van der Waals surface area contributed by atoms with Crippen LogP contribution >= 0.6 is 23.2 Å². The third-order valence-electron chi connectivity index (χ3n) is 3.33. The van der Waals surface area contributed by atoms with Crippen LogP contribution in [0.2, 0.25) is 10.0 Å². The number of methoxy groups -OCH3 is 1. The molecule has 0 aliphatic carbocycles. The van der Waals surface area contributed by atoms with Gasteiger partial charge >= 0.3 is 0 Å². The summed E-state index contributed by atoms with van der Waals surface area (Å²) in [6.45, 7) is 2.00. The molecule has 0 aliphatic rings. The Morgan fingerprint density at radius 3 is 2.55 bits per heavy atom. The van der Waals surface area contributed by atoms with E-state index in [4.69, 9.17) is 27.9 Å². The summed E-state index contributed by atoms with van der Waals surface area (Å²) in [4.78, 5) is 0. The molecule has 0 aliphatic heterocycles. The molecule has 0 radical (unpaired) electrons. The van der Waals surface area contributed by atoms with Crippen molar-refractivity contribution in [2.75, 3.05) is 14.2 Å². The number of rotatable bonds is 4. The highest BCUT2D eigenvalue weighted by molar-refractivity contribution is 6.32. The average Bonchev–Trinajstić information content (AvgIpc) is 2.45. The van der Waals surface area contributed by atoms with Crippen LogP contribution in [0.25, 0.3) is 0 Å². The molecule has 1 unspecified atom stereocenters. The minimum absolute atomic E-state index is 0.00596. The summed E-state index contributed by atoms with van der Waals surface area (Å²) >= 11 is 12.5. The van der Waals surface area contributed by atoms with Gasteiger partial charge in [-0.15, -0.1) is 0 Å². The summed E-state index contributed by atoms with van der Waals surface area (Å²) in [6, 6.07) is 11.8. The smallest absolute Gasteiger partial charge is 0.137 e. The summed E-state index contributed by atoms with van der Waals surface area (Å²) in [7, 11) is 3.52. The van der Waals surface area contributed by atoms with Crippen molar-refractivity contribution >= 4 is 23.2 Å². The van der Waals surface area contributed by atoms with Crippen LogP contribution in [0.1, 0.15) is 22.7 Å². The molecule has 20 heavy (non-hydrogen) atoms. The second kappa shape index (κ2) is 6.49. The van der Waals surface area contributed by atoms with Gasteiger partial charge in [0, 0.05) is 5.02 Å². The predicted octanol–water partition coefficient (Wildman–Crippen LogP) is 4.62. The lowest BCUT2D eigenvalue weighted by Gasteiger charge is -2.20. The molecule has 1 N–H and O–H groups in total. The van der Waals surface area contributed by atoms with Crippen molar-refractivity contribution in [2.45, 2.75) is 13.0 Å². The molecule has 2 aromatic carbocycles. The third-order valence-corrected chi connectivity index (χ3v) is 4.16. The predicted molar refractivity (Wildman–Crippen MR) is 85.1 cm³/mol. The Morgan fingerprint density at radius 1 is 1.15 bits per heavy atom. The van der Waals surface area contributed by atoms with Gasteiger partial charge in [0.1, 0.15) is 5.75 Å². The molecule has 0 bridgehead atoms. The quantitative estimate of drug-likeness (QED) is 0.890. The molecule has 1 atom stereocenters. The third kappa shape index (κ3) is 2.93. The zero-order chi connectivity index (χ0) is 14.7. The standard InChI is InChI=1S/C16H17Cl2NO/c1-10-5-4-6-12(15(10)18)16(19-2)11-7-8-13(17)14(9-11)20-3/h4-9,16,19H,1-3H3. The number of hydrogen-bond donors (Lipinski definition) is 1. The Balaban J connectivity index is 2.49. The minimum Gasteiger partial charge on any atom is -0.495 e.